The first-order chi connectivity index (χ1) is 44.8. The summed E-state index contributed by atoms with van der Waals surface area (Å²) >= 11 is 5.98. The van der Waals surface area contributed by atoms with E-state index in [0.717, 1.165) is 121 Å². The molecule has 5 saturated carbocycles. The van der Waals surface area contributed by atoms with E-state index in [2.05, 4.69) is 235 Å². The van der Waals surface area contributed by atoms with Crippen LogP contribution in [0.5, 0.6) is 0 Å². The van der Waals surface area contributed by atoms with Crippen molar-refractivity contribution in [1.82, 2.24) is 0 Å². The van der Waals surface area contributed by atoms with E-state index >= 15 is 0 Å². The number of hydrogen-bond donors (Lipinski definition) is 0. The average molecular weight is 1390 g/mol. The molecule has 0 spiro atoms. The molecular formula is C92H187ClO4. The van der Waals surface area contributed by atoms with Gasteiger partial charge in [-0.05, 0) is 240 Å². The van der Waals surface area contributed by atoms with E-state index in [1.54, 1.807) is 0 Å². The van der Waals surface area contributed by atoms with E-state index in [1.165, 1.54) is 180 Å². The Morgan fingerprint density at radius 1 is 0.299 bits per heavy atom. The Balaban J connectivity index is 0. The van der Waals surface area contributed by atoms with Crippen LogP contribution in [0.15, 0.2) is 0 Å². The van der Waals surface area contributed by atoms with Gasteiger partial charge < -0.3 is 18.9 Å². The van der Waals surface area contributed by atoms with Crippen molar-refractivity contribution in [3.63, 3.8) is 0 Å². The predicted octanol–water partition coefficient (Wildman–Crippen LogP) is 30.5. The van der Waals surface area contributed by atoms with Crippen molar-refractivity contribution in [3.8, 4) is 0 Å². The summed E-state index contributed by atoms with van der Waals surface area (Å²) in [5.74, 6) is 14.9. The lowest BCUT2D eigenvalue weighted by Crippen LogP contribution is -2.31. The zero-order valence-corrected chi connectivity index (χ0v) is 74.0. The summed E-state index contributed by atoms with van der Waals surface area (Å²) in [6, 6.07) is 0. The van der Waals surface area contributed by atoms with Gasteiger partial charge in [-0.1, -0.05) is 298 Å². The highest BCUT2D eigenvalue weighted by atomic mass is 35.5. The molecule has 9 fully saturated rings. The lowest BCUT2D eigenvalue weighted by atomic mass is 9.69. The maximum absolute atomic E-state index is 5.98. The minimum absolute atomic E-state index is 0.222. The van der Waals surface area contributed by atoms with Crippen LogP contribution in [-0.4, -0.2) is 55.7 Å². The number of halogens is 1. The Hall–Kier alpha value is 0.130. The van der Waals surface area contributed by atoms with Crippen molar-refractivity contribution in [2.45, 2.75) is 444 Å². The molecule has 1 unspecified atom stereocenters. The van der Waals surface area contributed by atoms with Crippen LogP contribution < -0.4 is 0 Å². The van der Waals surface area contributed by atoms with Crippen molar-refractivity contribution in [3.05, 3.63) is 0 Å². The van der Waals surface area contributed by atoms with Gasteiger partial charge in [0.25, 0.3) is 0 Å². The second-order valence-electron chi connectivity index (χ2n) is 39.6. The van der Waals surface area contributed by atoms with Crippen molar-refractivity contribution in [1.29, 1.82) is 0 Å². The highest BCUT2D eigenvalue weighted by Crippen LogP contribution is 2.48. The van der Waals surface area contributed by atoms with Gasteiger partial charge in [0.15, 0.2) is 0 Å². The molecule has 0 aromatic heterocycles. The van der Waals surface area contributed by atoms with E-state index < -0.39 is 0 Å². The second kappa shape index (κ2) is 52.2. The molecule has 5 aliphatic carbocycles. The van der Waals surface area contributed by atoms with Crippen molar-refractivity contribution >= 4 is 11.6 Å². The van der Waals surface area contributed by atoms with Crippen LogP contribution in [0.1, 0.15) is 415 Å². The molecule has 9 rings (SSSR count). The smallest absolute Gasteiger partial charge is 0.0553 e. The van der Waals surface area contributed by atoms with Crippen LogP contribution >= 0.6 is 11.6 Å². The largest absolute Gasteiger partial charge is 0.381 e. The fraction of sp³-hybridized carbons (Fsp3) is 1.00. The highest BCUT2D eigenvalue weighted by molar-refractivity contribution is 6.26. The van der Waals surface area contributed by atoms with E-state index in [1.807, 2.05) is 0 Å². The molecule has 0 aromatic carbocycles. The standard InChI is InChI=1S/2C10H20O.C10H20.C9H18O.2C9H18.C8H16O.C8H16.C7H16.C6H11Cl.C6H14/c2*1-7(2)10-5-8(3)11-9(4)6-10;1-9(2)10(3)7-5-4-6-8-10;1-8(2)9(3)4-6-10-7-5-9;1-8(2)9(3)6-4-5-7-9;1-8(2)9-6-4-3-5-7-9;1-7(2)8-3-5-9-6-4-8;1-7(2)8-5-3-4-6-8;1-6(2)7(3,4)5;1-5(2)6(7)3-4-6;1-5(2)6(3)4/h2*7-10H,5-6H2,1-4H3;9H,4-8H2,1-3H3;8H,4-7H2,1-3H3;8H,4-7H2,1-3H3;8-9H,3-7H2,1-2H3;7-8H,3-6H2,1-2H3;7-8H,3-6H2,1-2H3;6H,1-5H3;5H,3-4H2,1-2H3;5-6H,1-4H3/t8-,9+,10?;8-,9-;;;;;;;;;/m.0........./s1. The van der Waals surface area contributed by atoms with Crippen LogP contribution in [0.3, 0.4) is 0 Å². The summed E-state index contributed by atoms with van der Waals surface area (Å²) in [5, 5.41) is 0. The first-order valence-corrected chi connectivity index (χ1v) is 43.3. The predicted molar refractivity (Wildman–Crippen MR) is 439 cm³/mol. The normalized spacial score (nSPS) is 26.1. The first kappa shape index (κ1) is 99.2. The van der Waals surface area contributed by atoms with E-state index in [4.69, 9.17) is 30.5 Å². The monoisotopic (exact) mass is 1390 g/mol. The summed E-state index contributed by atoms with van der Waals surface area (Å²) in [4.78, 5) is 0.222. The van der Waals surface area contributed by atoms with Crippen LogP contribution in [0.4, 0.5) is 0 Å². The molecule has 5 heteroatoms. The Bertz CT molecular complexity index is 1640. The molecule has 4 nitrogen and oxygen atoms in total. The fourth-order valence-corrected chi connectivity index (χ4v) is 14.7. The van der Waals surface area contributed by atoms with E-state index in [9.17, 15) is 0 Å². The SMILES string of the molecule is CC(C)C(C)(C)C.CC(C)C(C)C.CC(C)C1(C)CCCC1.CC(C)C1(C)CCCCC1.CC(C)C1(C)CCOCC1.CC(C)C1(Cl)CC1.CC(C)C1CCCC1.CC(C)C1CCCCC1.CC(C)C1CCOCC1.CC(C)C1C[C@@H](C)O[C@@H](C)C1.CC(C)C1C[C@H](C)O[C@@H](C)C1. The zero-order valence-electron chi connectivity index (χ0n) is 73.3. The third-order valence-electron chi connectivity index (χ3n) is 26.9. The number of hydrogen-bond acceptors (Lipinski definition) is 4. The van der Waals surface area contributed by atoms with Gasteiger partial charge in [-0.3, -0.25) is 0 Å². The molecule has 4 heterocycles. The van der Waals surface area contributed by atoms with Gasteiger partial charge in [0.05, 0.1) is 24.4 Å². The molecule has 5 atom stereocenters. The van der Waals surface area contributed by atoms with Crippen LogP contribution in [-0.2, 0) is 18.9 Å². The number of ether oxygens (including phenoxy) is 4. The van der Waals surface area contributed by atoms with Crippen LogP contribution in [0, 0.1) is 122 Å². The maximum Gasteiger partial charge on any atom is 0.0553 e. The molecule has 0 N–H and O–H groups in total. The minimum Gasteiger partial charge on any atom is -0.381 e. The molecule has 97 heavy (non-hydrogen) atoms. The molecule has 9 aliphatic rings. The van der Waals surface area contributed by atoms with Gasteiger partial charge in [-0.2, -0.15) is 0 Å². The van der Waals surface area contributed by atoms with E-state index in [-0.39, 0.29) is 4.87 Å². The summed E-state index contributed by atoms with van der Waals surface area (Å²) < 4.78 is 21.9. The third-order valence-corrected chi connectivity index (χ3v) is 27.7. The molecule has 4 saturated heterocycles. The summed E-state index contributed by atoms with van der Waals surface area (Å²) in [6.45, 7) is 81.9. The van der Waals surface area contributed by atoms with Gasteiger partial charge in [0, 0.05) is 31.3 Å². The molecule has 0 bridgehead atoms. The third kappa shape index (κ3) is 46.6. The van der Waals surface area contributed by atoms with Crippen LogP contribution in [0.2, 0.25) is 0 Å². The molecule has 0 amide bonds. The summed E-state index contributed by atoms with van der Waals surface area (Å²) in [6.07, 6.45) is 41.0. The lowest BCUT2D eigenvalue weighted by molar-refractivity contribution is -0.0607. The highest BCUT2D eigenvalue weighted by Gasteiger charge is 2.43. The summed E-state index contributed by atoms with van der Waals surface area (Å²) in [5.41, 5.74) is 2.43. The molecule has 0 radical (unpaired) electrons. The average Bonchev–Trinajstić information content (AvgIpc) is 1.71. The first-order valence-electron chi connectivity index (χ1n) is 42.9. The number of rotatable bonds is 10. The Morgan fingerprint density at radius 2 is 0.536 bits per heavy atom. The van der Waals surface area contributed by atoms with Crippen LogP contribution in [0.25, 0.3) is 0 Å². The Kier molecular flexibility index (Phi) is 53.3. The quantitative estimate of drug-likeness (QED) is 0.204. The molecule has 4 aliphatic heterocycles. The van der Waals surface area contributed by atoms with Crippen molar-refractivity contribution in [2.24, 2.45) is 122 Å². The van der Waals surface area contributed by atoms with Crippen molar-refractivity contribution in [2.75, 3.05) is 26.4 Å². The molecule has 0 aromatic rings. The maximum atomic E-state index is 5.98. The molecule has 586 valence electrons. The van der Waals surface area contributed by atoms with Gasteiger partial charge in [-0.15, -0.1) is 11.6 Å². The Labute approximate surface area is 620 Å². The topological polar surface area (TPSA) is 36.9 Å². The fourth-order valence-electron chi connectivity index (χ4n) is 14.6. The molecular weight excluding hydrogens is 1200 g/mol. The minimum atomic E-state index is 0.222. The van der Waals surface area contributed by atoms with Gasteiger partial charge in [0.1, 0.15) is 0 Å². The van der Waals surface area contributed by atoms with Gasteiger partial charge >= 0.3 is 0 Å². The number of alkyl halides is 1. The Morgan fingerprint density at radius 3 is 0.722 bits per heavy atom. The van der Waals surface area contributed by atoms with Gasteiger partial charge in [0.2, 0.25) is 0 Å². The summed E-state index contributed by atoms with van der Waals surface area (Å²) in [7, 11) is 0. The second-order valence-corrected chi connectivity index (χ2v) is 40.3. The zero-order chi connectivity index (χ0) is 75.1. The van der Waals surface area contributed by atoms with E-state index in [0.29, 0.717) is 52.0 Å². The lowest BCUT2D eigenvalue weighted by Gasteiger charge is -2.37. The van der Waals surface area contributed by atoms with Crippen molar-refractivity contribution < 1.29 is 18.9 Å². The van der Waals surface area contributed by atoms with Gasteiger partial charge in [-0.25, -0.2) is 0 Å².